The van der Waals surface area contributed by atoms with Crippen LogP contribution < -0.4 is 4.90 Å². The summed E-state index contributed by atoms with van der Waals surface area (Å²) in [5, 5.41) is 0. The van der Waals surface area contributed by atoms with Gasteiger partial charge in [0.05, 0.1) is 23.4 Å². The molecule has 3 amide bonds. The van der Waals surface area contributed by atoms with E-state index in [0.29, 0.717) is 49.6 Å². The quantitative estimate of drug-likeness (QED) is 0.679. The Hall–Kier alpha value is -3.22. The van der Waals surface area contributed by atoms with Gasteiger partial charge in [-0.15, -0.1) is 0 Å². The van der Waals surface area contributed by atoms with Gasteiger partial charge in [-0.05, 0) is 42.5 Å². The van der Waals surface area contributed by atoms with Crippen LogP contribution in [0.1, 0.15) is 58.4 Å². The molecule has 1 saturated carbocycles. The van der Waals surface area contributed by atoms with Gasteiger partial charge in [-0.2, -0.15) is 0 Å². The van der Waals surface area contributed by atoms with Crippen molar-refractivity contribution in [1.29, 1.82) is 0 Å². The molecule has 1 saturated heterocycles. The first-order chi connectivity index (χ1) is 15.6. The molecule has 2 aliphatic heterocycles. The number of hydrogen-bond acceptors (Lipinski definition) is 5. The maximum atomic E-state index is 13.2. The molecular weight excluding hydrogens is 404 g/mol. The Labute approximate surface area is 188 Å². The number of amides is 3. The lowest BCUT2D eigenvalue weighted by molar-refractivity contribution is -0.132. The molecule has 0 radical (unpaired) electrons. The number of benzene rings is 1. The molecule has 3 aliphatic rings. The average molecular weight is 433 g/mol. The summed E-state index contributed by atoms with van der Waals surface area (Å²) < 4.78 is 0. The summed E-state index contributed by atoms with van der Waals surface area (Å²) in [4.78, 5) is 48.4. The van der Waals surface area contributed by atoms with E-state index < -0.39 is 0 Å². The Bertz CT molecular complexity index is 1020. The van der Waals surface area contributed by atoms with Crippen molar-refractivity contribution in [2.24, 2.45) is 5.92 Å². The number of imide groups is 1. The van der Waals surface area contributed by atoms with E-state index in [1.807, 2.05) is 23.1 Å². The molecule has 0 bridgehead atoms. The van der Waals surface area contributed by atoms with Crippen LogP contribution in [0.3, 0.4) is 0 Å². The van der Waals surface area contributed by atoms with Crippen LogP contribution in [-0.2, 0) is 11.3 Å². The fourth-order valence-electron chi connectivity index (χ4n) is 5.18. The zero-order valence-electron chi connectivity index (χ0n) is 18.2. The third-order valence-corrected chi connectivity index (χ3v) is 6.95. The van der Waals surface area contributed by atoms with Gasteiger partial charge >= 0.3 is 0 Å². The van der Waals surface area contributed by atoms with E-state index in [4.69, 9.17) is 0 Å². The summed E-state index contributed by atoms with van der Waals surface area (Å²) >= 11 is 0. The van der Waals surface area contributed by atoms with Crippen LogP contribution >= 0.6 is 0 Å². The Kier molecular flexibility index (Phi) is 5.64. The van der Waals surface area contributed by atoms with Gasteiger partial charge in [-0.1, -0.05) is 25.0 Å². The number of carbonyl (C=O) groups is 3. The molecule has 2 aromatic rings. The van der Waals surface area contributed by atoms with Crippen LogP contribution in [0.25, 0.3) is 0 Å². The van der Waals surface area contributed by atoms with Crippen molar-refractivity contribution in [3.63, 3.8) is 0 Å². The minimum atomic E-state index is -0.263. The lowest BCUT2D eigenvalue weighted by Gasteiger charge is -2.37. The number of aromatic nitrogens is 1. The van der Waals surface area contributed by atoms with Gasteiger partial charge in [0.25, 0.3) is 11.8 Å². The average Bonchev–Trinajstić information content (AvgIpc) is 3.42. The van der Waals surface area contributed by atoms with E-state index in [0.717, 1.165) is 11.3 Å². The molecule has 0 unspecified atom stereocenters. The number of hydrogen-bond donors (Lipinski definition) is 0. The molecule has 0 spiro atoms. The largest absolute Gasteiger partial charge is 0.367 e. The third-order valence-electron chi connectivity index (χ3n) is 6.95. The fourth-order valence-corrected chi connectivity index (χ4v) is 5.18. The van der Waals surface area contributed by atoms with E-state index in [-0.39, 0.29) is 24.3 Å². The molecule has 7 heteroatoms. The molecule has 0 atom stereocenters. The lowest BCUT2D eigenvalue weighted by Crippen LogP contribution is -2.49. The van der Waals surface area contributed by atoms with E-state index in [1.165, 1.54) is 30.6 Å². The second-order valence-corrected chi connectivity index (χ2v) is 8.98. The molecular formula is C25H28N4O3. The first-order valence-electron chi connectivity index (χ1n) is 11.5. The first-order valence-corrected chi connectivity index (χ1v) is 11.5. The van der Waals surface area contributed by atoms with E-state index in [2.05, 4.69) is 9.88 Å². The Morgan fingerprint density at radius 1 is 0.969 bits per heavy atom. The third kappa shape index (κ3) is 3.87. The Morgan fingerprint density at radius 2 is 1.75 bits per heavy atom. The zero-order chi connectivity index (χ0) is 22.1. The van der Waals surface area contributed by atoms with Gasteiger partial charge in [-0.25, -0.2) is 0 Å². The minimum absolute atomic E-state index is 0.211. The highest BCUT2D eigenvalue weighted by atomic mass is 16.2. The van der Waals surface area contributed by atoms with Crippen LogP contribution in [0.15, 0.2) is 42.7 Å². The summed E-state index contributed by atoms with van der Waals surface area (Å²) in [6.45, 7) is 2.84. The predicted molar refractivity (Wildman–Crippen MR) is 120 cm³/mol. The summed E-state index contributed by atoms with van der Waals surface area (Å²) in [5.74, 6) is 0.279. The van der Waals surface area contributed by atoms with E-state index >= 15 is 0 Å². The van der Waals surface area contributed by atoms with Crippen molar-refractivity contribution in [2.75, 3.05) is 31.1 Å². The maximum Gasteiger partial charge on any atom is 0.263 e. The second-order valence-electron chi connectivity index (χ2n) is 8.98. The van der Waals surface area contributed by atoms with Crippen molar-refractivity contribution in [2.45, 2.75) is 38.6 Å². The van der Waals surface area contributed by atoms with Gasteiger partial charge < -0.3 is 9.80 Å². The van der Waals surface area contributed by atoms with Crippen molar-refractivity contribution in [3.8, 4) is 0 Å². The highest BCUT2D eigenvalue weighted by Crippen LogP contribution is 2.33. The van der Waals surface area contributed by atoms with Gasteiger partial charge in [0.15, 0.2) is 0 Å². The number of carbonyl (C=O) groups excluding carboxylic acids is 3. The summed E-state index contributed by atoms with van der Waals surface area (Å²) in [5.41, 5.74) is 2.54. The molecule has 1 aliphatic carbocycles. The van der Waals surface area contributed by atoms with Gasteiger partial charge in [0.2, 0.25) is 5.91 Å². The number of pyridine rings is 1. The monoisotopic (exact) mass is 432 g/mol. The standard InChI is InChI=1S/C25H28N4O3/c30-22(15-18-5-1-2-6-18)28-13-11-27(12-14-28)21-9-3-8-20-23(21)25(32)29(24(20)31)17-19-7-4-10-26-16-19/h3-4,7-10,16,18H,1-2,5-6,11-15,17H2. The van der Waals surface area contributed by atoms with Crippen LogP contribution in [0.2, 0.25) is 0 Å². The SMILES string of the molecule is O=C(CC1CCCC1)N1CCN(c2cccc3c2C(=O)N(Cc2cccnc2)C3=O)CC1. The number of anilines is 1. The molecule has 166 valence electrons. The topological polar surface area (TPSA) is 73.8 Å². The van der Waals surface area contributed by atoms with Crippen LogP contribution in [0.4, 0.5) is 5.69 Å². The molecule has 1 aromatic heterocycles. The predicted octanol–water partition coefficient (Wildman–Crippen LogP) is 3.11. The maximum absolute atomic E-state index is 13.2. The van der Waals surface area contributed by atoms with Crippen molar-refractivity contribution >= 4 is 23.4 Å². The fraction of sp³-hybridized carbons (Fsp3) is 0.440. The molecule has 1 aromatic carbocycles. The normalized spacial score (nSPS) is 19.1. The summed E-state index contributed by atoms with van der Waals surface area (Å²) in [7, 11) is 0. The Balaban J connectivity index is 1.28. The lowest BCUT2D eigenvalue weighted by atomic mass is 10.0. The van der Waals surface area contributed by atoms with E-state index in [1.54, 1.807) is 24.5 Å². The first kappa shape index (κ1) is 20.7. The molecule has 3 heterocycles. The van der Waals surface area contributed by atoms with Gasteiger partial charge in [-0.3, -0.25) is 24.3 Å². The molecule has 7 nitrogen and oxygen atoms in total. The Morgan fingerprint density at radius 3 is 2.47 bits per heavy atom. The second kappa shape index (κ2) is 8.73. The van der Waals surface area contributed by atoms with Crippen LogP contribution in [-0.4, -0.2) is 58.7 Å². The number of fused-ring (bicyclic) bond motifs is 1. The van der Waals surface area contributed by atoms with Crippen molar-refractivity contribution in [3.05, 3.63) is 59.4 Å². The summed E-state index contributed by atoms with van der Waals surface area (Å²) in [6.07, 6.45) is 8.84. The van der Waals surface area contributed by atoms with Crippen LogP contribution in [0, 0.1) is 5.92 Å². The molecule has 0 N–H and O–H groups in total. The highest BCUT2D eigenvalue weighted by Gasteiger charge is 2.39. The van der Waals surface area contributed by atoms with Crippen LogP contribution in [0.5, 0.6) is 0 Å². The number of rotatable bonds is 5. The van der Waals surface area contributed by atoms with Crippen molar-refractivity contribution in [1.82, 2.24) is 14.8 Å². The minimum Gasteiger partial charge on any atom is -0.367 e. The number of piperazine rings is 1. The van der Waals surface area contributed by atoms with Crippen molar-refractivity contribution < 1.29 is 14.4 Å². The molecule has 2 fully saturated rings. The smallest absolute Gasteiger partial charge is 0.263 e. The number of nitrogens with zero attached hydrogens (tertiary/aromatic N) is 4. The highest BCUT2D eigenvalue weighted by molar-refractivity contribution is 6.23. The molecule has 32 heavy (non-hydrogen) atoms. The zero-order valence-corrected chi connectivity index (χ0v) is 18.2. The van der Waals surface area contributed by atoms with Gasteiger partial charge in [0, 0.05) is 45.0 Å². The summed E-state index contributed by atoms with van der Waals surface area (Å²) in [6, 6.07) is 9.13. The molecule has 5 rings (SSSR count). The van der Waals surface area contributed by atoms with E-state index in [9.17, 15) is 14.4 Å². The van der Waals surface area contributed by atoms with Gasteiger partial charge in [0.1, 0.15) is 0 Å².